The highest BCUT2D eigenvalue weighted by Gasteiger charge is 2.18. The number of carboxylic acid groups (broad SMARTS) is 1. The fraction of sp³-hybridized carbons (Fsp3) is 0.273. The Hall–Kier alpha value is -0.980. The molecule has 0 radical (unpaired) electrons. The number of anilines is 1. The average molecular weight is 370 g/mol. The zero-order chi connectivity index (χ0) is 14.6. The Morgan fingerprint density at radius 3 is 2.32 bits per heavy atom. The van der Waals surface area contributed by atoms with Gasteiger partial charge >= 0.3 is 12.0 Å². The van der Waals surface area contributed by atoms with Crippen LogP contribution in [0.2, 0.25) is 10.0 Å². The predicted octanol–water partition coefficient (Wildman–Crippen LogP) is 3.74. The molecule has 104 valence electrons. The van der Waals surface area contributed by atoms with Gasteiger partial charge in [0.2, 0.25) is 0 Å². The fourth-order valence-electron chi connectivity index (χ4n) is 1.31. The van der Waals surface area contributed by atoms with Crippen molar-refractivity contribution in [1.82, 2.24) is 5.32 Å². The number of rotatable bonds is 4. The molecule has 1 aromatic carbocycles. The smallest absolute Gasteiger partial charge is 0.326 e. The number of aliphatic carboxylic acids is 1. The second-order valence-corrected chi connectivity index (χ2v) is 5.37. The lowest BCUT2D eigenvalue weighted by molar-refractivity contribution is -0.139. The minimum Gasteiger partial charge on any atom is -0.480 e. The third kappa shape index (κ3) is 4.56. The third-order valence-electron chi connectivity index (χ3n) is 2.26. The van der Waals surface area contributed by atoms with Gasteiger partial charge in [0, 0.05) is 4.47 Å². The minimum atomic E-state index is -1.11. The van der Waals surface area contributed by atoms with Crippen molar-refractivity contribution < 1.29 is 14.7 Å². The molecule has 0 aliphatic rings. The maximum absolute atomic E-state index is 11.7. The molecule has 1 aromatic rings. The number of carbonyl (C=O) groups excluding carboxylic acids is 1. The molecular weight excluding hydrogens is 359 g/mol. The van der Waals surface area contributed by atoms with Crippen LogP contribution in [-0.2, 0) is 4.79 Å². The molecule has 2 amide bonds. The fourth-order valence-corrected chi connectivity index (χ4v) is 2.61. The van der Waals surface area contributed by atoms with E-state index in [0.717, 1.165) is 0 Å². The summed E-state index contributed by atoms with van der Waals surface area (Å²) >= 11 is 15.1. The van der Waals surface area contributed by atoms with Gasteiger partial charge in [0.1, 0.15) is 6.04 Å². The van der Waals surface area contributed by atoms with Crippen LogP contribution < -0.4 is 10.6 Å². The number of benzene rings is 1. The first kappa shape index (κ1) is 16.1. The Morgan fingerprint density at radius 2 is 1.89 bits per heavy atom. The van der Waals surface area contributed by atoms with E-state index >= 15 is 0 Å². The van der Waals surface area contributed by atoms with E-state index in [9.17, 15) is 9.59 Å². The van der Waals surface area contributed by atoms with Gasteiger partial charge in [-0.1, -0.05) is 46.1 Å². The van der Waals surface area contributed by atoms with E-state index in [-0.39, 0.29) is 22.2 Å². The Morgan fingerprint density at radius 1 is 1.37 bits per heavy atom. The van der Waals surface area contributed by atoms with Gasteiger partial charge in [-0.15, -0.1) is 0 Å². The van der Waals surface area contributed by atoms with Crippen molar-refractivity contribution in [2.45, 2.75) is 19.4 Å². The van der Waals surface area contributed by atoms with Crippen molar-refractivity contribution in [1.29, 1.82) is 0 Å². The second-order valence-electron chi connectivity index (χ2n) is 3.64. The highest BCUT2D eigenvalue weighted by Crippen LogP contribution is 2.33. The first-order chi connectivity index (χ1) is 8.85. The van der Waals surface area contributed by atoms with Gasteiger partial charge in [0.15, 0.2) is 0 Å². The standard InChI is InChI=1S/C11H11BrCl2N2O3/c1-2-8(10(17)18)15-11(19)16-9-6(13)3-5(12)4-7(9)14/h3-4,8H,2H2,1H3,(H,17,18)(H2,15,16,19)/t8-/m0/s1. The van der Waals surface area contributed by atoms with Crippen LogP contribution in [0.3, 0.4) is 0 Å². The quantitative estimate of drug-likeness (QED) is 0.756. The summed E-state index contributed by atoms with van der Waals surface area (Å²) in [5, 5.41) is 14.1. The maximum Gasteiger partial charge on any atom is 0.326 e. The molecule has 0 saturated heterocycles. The van der Waals surface area contributed by atoms with Gasteiger partial charge in [-0.25, -0.2) is 9.59 Å². The zero-order valence-electron chi connectivity index (χ0n) is 9.84. The van der Waals surface area contributed by atoms with E-state index < -0.39 is 18.0 Å². The highest BCUT2D eigenvalue weighted by molar-refractivity contribution is 9.10. The van der Waals surface area contributed by atoms with Crippen LogP contribution in [0.5, 0.6) is 0 Å². The summed E-state index contributed by atoms with van der Waals surface area (Å²) in [5.41, 5.74) is 0.226. The van der Waals surface area contributed by atoms with Crippen LogP contribution in [0.4, 0.5) is 10.5 Å². The summed E-state index contributed by atoms with van der Waals surface area (Å²) in [6, 6.07) is 1.49. The summed E-state index contributed by atoms with van der Waals surface area (Å²) < 4.78 is 0.672. The van der Waals surface area contributed by atoms with Gasteiger partial charge in [-0.2, -0.15) is 0 Å². The molecule has 0 saturated carbocycles. The van der Waals surface area contributed by atoms with Crippen molar-refractivity contribution in [3.8, 4) is 0 Å². The number of amides is 2. The van der Waals surface area contributed by atoms with Gasteiger partial charge in [-0.05, 0) is 18.6 Å². The first-order valence-corrected chi connectivity index (χ1v) is 6.85. The molecule has 0 fully saturated rings. The summed E-state index contributed by atoms with van der Waals surface area (Å²) in [6.45, 7) is 1.65. The van der Waals surface area contributed by atoms with E-state index in [0.29, 0.717) is 4.47 Å². The molecule has 0 aliphatic carbocycles. The van der Waals surface area contributed by atoms with Gasteiger partial charge in [0.05, 0.1) is 15.7 Å². The van der Waals surface area contributed by atoms with Crippen molar-refractivity contribution in [2.75, 3.05) is 5.32 Å². The Labute approximate surface area is 128 Å². The lowest BCUT2D eigenvalue weighted by atomic mass is 10.2. The van der Waals surface area contributed by atoms with E-state index in [1.807, 2.05) is 0 Å². The topological polar surface area (TPSA) is 78.4 Å². The molecule has 3 N–H and O–H groups in total. The SMILES string of the molecule is CC[C@H](NC(=O)Nc1c(Cl)cc(Br)cc1Cl)C(=O)O. The highest BCUT2D eigenvalue weighted by atomic mass is 79.9. The summed E-state index contributed by atoms with van der Waals surface area (Å²) in [5.74, 6) is -1.11. The normalized spacial score (nSPS) is 11.8. The number of halogens is 3. The first-order valence-electron chi connectivity index (χ1n) is 5.30. The minimum absolute atomic E-state index is 0.226. The predicted molar refractivity (Wildman–Crippen MR) is 78.0 cm³/mol. The molecule has 0 aromatic heterocycles. The van der Waals surface area contributed by atoms with Gasteiger partial charge in [-0.3, -0.25) is 0 Å². The van der Waals surface area contributed by atoms with Crippen molar-refractivity contribution in [3.63, 3.8) is 0 Å². The van der Waals surface area contributed by atoms with E-state index in [1.54, 1.807) is 19.1 Å². The number of carbonyl (C=O) groups is 2. The van der Waals surface area contributed by atoms with E-state index in [4.69, 9.17) is 28.3 Å². The average Bonchev–Trinajstić information content (AvgIpc) is 2.30. The van der Waals surface area contributed by atoms with Gasteiger partial charge in [0.25, 0.3) is 0 Å². The van der Waals surface area contributed by atoms with Crippen molar-refractivity contribution in [2.24, 2.45) is 0 Å². The zero-order valence-corrected chi connectivity index (χ0v) is 12.9. The Kier molecular flexibility index (Phi) is 5.90. The number of hydrogen-bond acceptors (Lipinski definition) is 2. The lowest BCUT2D eigenvalue weighted by Gasteiger charge is -2.14. The second kappa shape index (κ2) is 6.98. The molecule has 0 unspecified atom stereocenters. The van der Waals surface area contributed by atoms with Crippen LogP contribution in [-0.4, -0.2) is 23.1 Å². The number of nitrogens with one attached hydrogen (secondary N) is 2. The Balaban J connectivity index is 2.80. The molecule has 1 atom stereocenters. The van der Waals surface area contributed by atoms with Crippen LogP contribution in [0.1, 0.15) is 13.3 Å². The van der Waals surface area contributed by atoms with Crippen LogP contribution in [0, 0.1) is 0 Å². The number of carboxylic acids is 1. The van der Waals surface area contributed by atoms with E-state index in [2.05, 4.69) is 26.6 Å². The number of hydrogen-bond donors (Lipinski definition) is 3. The molecule has 8 heteroatoms. The van der Waals surface area contributed by atoms with Crippen molar-refractivity contribution >= 4 is 56.8 Å². The maximum atomic E-state index is 11.7. The monoisotopic (exact) mass is 368 g/mol. The molecule has 19 heavy (non-hydrogen) atoms. The number of urea groups is 1. The molecule has 0 bridgehead atoms. The molecule has 0 aliphatic heterocycles. The molecule has 0 spiro atoms. The molecule has 1 rings (SSSR count). The van der Waals surface area contributed by atoms with Gasteiger partial charge < -0.3 is 15.7 Å². The third-order valence-corrected chi connectivity index (χ3v) is 3.31. The van der Waals surface area contributed by atoms with Crippen LogP contribution in [0.15, 0.2) is 16.6 Å². The molecule has 0 heterocycles. The van der Waals surface area contributed by atoms with Crippen molar-refractivity contribution in [3.05, 3.63) is 26.7 Å². The summed E-state index contributed by atoms with van der Waals surface area (Å²) in [7, 11) is 0. The summed E-state index contributed by atoms with van der Waals surface area (Å²) in [6.07, 6.45) is 0.268. The lowest BCUT2D eigenvalue weighted by Crippen LogP contribution is -2.42. The Bertz CT molecular complexity index is 488. The molecular formula is C11H11BrCl2N2O3. The largest absolute Gasteiger partial charge is 0.480 e. The van der Waals surface area contributed by atoms with E-state index in [1.165, 1.54) is 0 Å². The summed E-state index contributed by atoms with van der Waals surface area (Å²) in [4.78, 5) is 22.5. The van der Waals surface area contributed by atoms with Crippen LogP contribution >= 0.6 is 39.1 Å². The molecule has 5 nitrogen and oxygen atoms in total. The van der Waals surface area contributed by atoms with Crippen LogP contribution in [0.25, 0.3) is 0 Å².